The molecule has 1 saturated heterocycles. The summed E-state index contributed by atoms with van der Waals surface area (Å²) in [6.45, 7) is 6.17. The predicted molar refractivity (Wildman–Crippen MR) is 113 cm³/mol. The third-order valence-electron chi connectivity index (χ3n) is 6.45. The average molecular weight is 378 g/mol. The lowest BCUT2D eigenvalue weighted by Gasteiger charge is -2.40. The number of amides is 1. The van der Waals surface area contributed by atoms with E-state index in [2.05, 4.69) is 58.6 Å². The van der Waals surface area contributed by atoms with Crippen LogP contribution in [0.4, 0.5) is 0 Å². The first-order valence-electron chi connectivity index (χ1n) is 10.5. The second kappa shape index (κ2) is 8.46. The van der Waals surface area contributed by atoms with Gasteiger partial charge in [0.2, 0.25) is 5.91 Å². The molecule has 2 fully saturated rings. The van der Waals surface area contributed by atoms with E-state index in [0.29, 0.717) is 6.54 Å². The maximum Gasteiger partial charge on any atom is 0.230 e. The SMILES string of the molecule is CN1CCN(Cc2ccc(CNC(=O)C3(c4ccccc4)CCC3)cc2)CC1. The van der Waals surface area contributed by atoms with Crippen LogP contribution in [-0.4, -0.2) is 48.9 Å². The maximum absolute atomic E-state index is 13.0. The van der Waals surface area contributed by atoms with E-state index < -0.39 is 0 Å². The van der Waals surface area contributed by atoms with E-state index in [-0.39, 0.29) is 11.3 Å². The van der Waals surface area contributed by atoms with Crippen molar-refractivity contribution in [3.05, 3.63) is 71.3 Å². The number of hydrogen-bond donors (Lipinski definition) is 1. The van der Waals surface area contributed by atoms with Crippen LogP contribution in [-0.2, 0) is 23.3 Å². The molecule has 28 heavy (non-hydrogen) atoms. The summed E-state index contributed by atoms with van der Waals surface area (Å²) >= 11 is 0. The van der Waals surface area contributed by atoms with Crippen LogP contribution in [0.15, 0.2) is 54.6 Å². The Morgan fingerprint density at radius 3 is 2.18 bits per heavy atom. The molecule has 4 nitrogen and oxygen atoms in total. The van der Waals surface area contributed by atoms with E-state index in [1.54, 1.807) is 0 Å². The molecule has 0 aromatic heterocycles. The molecule has 4 rings (SSSR count). The number of carbonyl (C=O) groups excluding carboxylic acids is 1. The van der Waals surface area contributed by atoms with Gasteiger partial charge in [-0.05, 0) is 36.6 Å². The van der Waals surface area contributed by atoms with Gasteiger partial charge in [0.15, 0.2) is 0 Å². The van der Waals surface area contributed by atoms with Crippen molar-refractivity contribution in [3.8, 4) is 0 Å². The molecule has 2 aliphatic rings. The van der Waals surface area contributed by atoms with Crippen molar-refractivity contribution in [2.75, 3.05) is 33.2 Å². The van der Waals surface area contributed by atoms with Crippen LogP contribution >= 0.6 is 0 Å². The second-order valence-electron chi connectivity index (χ2n) is 8.38. The van der Waals surface area contributed by atoms with Crippen molar-refractivity contribution in [2.24, 2.45) is 0 Å². The van der Waals surface area contributed by atoms with Gasteiger partial charge in [0.05, 0.1) is 5.41 Å². The highest BCUT2D eigenvalue weighted by Crippen LogP contribution is 2.43. The molecule has 0 bridgehead atoms. The smallest absolute Gasteiger partial charge is 0.230 e. The Balaban J connectivity index is 1.32. The minimum absolute atomic E-state index is 0.173. The summed E-state index contributed by atoms with van der Waals surface area (Å²) in [5, 5.41) is 3.19. The highest BCUT2D eigenvalue weighted by Gasteiger charge is 2.45. The van der Waals surface area contributed by atoms with Crippen molar-refractivity contribution in [2.45, 2.75) is 37.8 Å². The number of carbonyl (C=O) groups is 1. The van der Waals surface area contributed by atoms with Gasteiger partial charge in [-0.3, -0.25) is 9.69 Å². The highest BCUT2D eigenvalue weighted by atomic mass is 16.2. The molecule has 4 heteroatoms. The maximum atomic E-state index is 13.0. The van der Waals surface area contributed by atoms with Crippen molar-refractivity contribution in [1.82, 2.24) is 15.1 Å². The molecular weight excluding hydrogens is 346 g/mol. The van der Waals surface area contributed by atoms with E-state index >= 15 is 0 Å². The molecular formula is C24H31N3O. The molecule has 2 aromatic rings. The Bertz CT molecular complexity index is 775. The number of hydrogen-bond acceptors (Lipinski definition) is 3. The molecule has 1 aliphatic carbocycles. The third kappa shape index (κ3) is 4.13. The molecule has 1 saturated carbocycles. The monoisotopic (exact) mass is 377 g/mol. The molecule has 1 N–H and O–H groups in total. The van der Waals surface area contributed by atoms with Crippen LogP contribution in [0.3, 0.4) is 0 Å². The molecule has 1 heterocycles. The van der Waals surface area contributed by atoms with Gasteiger partial charge in [-0.15, -0.1) is 0 Å². The first-order chi connectivity index (χ1) is 13.7. The molecule has 0 spiro atoms. The quantitative estimate of drug-likeness (QED) is 0.840. The summed E-state index contributed by atoms with van der Waals surface area (Å²) < 4.78 is 0. The highest BCUT2D eigenvalue weighted by molar-refractivity contribution is 5.89. The number of rotatable bonds is 6. The fourth-order valence-electron chi connectivity index (χ4n) is 4.31. The Hall–Kier alpha value is -2.17. The number of nitrogens with one attached hydrogen (secondary N) is 1. The van der Waals surface area contributed by atoms with Crippen molar-refractivity contribution >= 4 is 5.91 Å². The lowest BCUT2D eigenvalue weighted by molar-refractivity contribution is -0.130. The topological polar surface area (TPSA) is 35.6 Å². The van der Waals surface area contributed by atoms with Gasteiger partial charge in [0.1, 0.15) is 0 Å². The van der Waals surface area contributed by atoms with Gasteiger partial charge in [-0.1, -0.05) is 61.0 Å². The predicted octanol–water partition coefficient (Wildman–Crippen LogP) is 3.17. The molecule has 0 unspecified atom stereocenters. The minimum Gasteiger partial charge on any atom is -0.351 e. The molecule has 2 aromatic carbocycles. The summed E-state index contributed by atoms with van der Waals surface area (Å²) in [6.07, 6.45) is 3.03. The zero-order chi connectivity index (χ0) is 19.4. The first kappa shape index (κ1) is 19.2. The second-order valence-corrected chi connectivity index (χ2v) is 8.38. The Morgan fingerprint density at radius 1 is 0.929 bits per heavy atom. The van der Waals surface area contributed by atoms with E-state index in [0.717, 1.165) is 63.1 Å². The van der Waals surface area contributed by atoms with E-state index in [4.69, 9.17) is 0 Å². The Kier molecular flexibility index (Phi) is 5.79. The van der Waals surface area contributed by atoms with Crippen LogP contribution in [0.25, 0.3) is 0 Å². The van der Waals surface area contributed by atoms with E-state index in [9.17, 15) is 4.79 Å². The van der Waals surface area contributed by atoms with Crippen molar-refractivity contribution in [3.63, 3.8) is 0 Å². The molecule has 0 radical (unpaired) electrons. The number of piperazine rings is 1. The molecule has 148 valence electrons. The van der Waals surface area contributed by atoms with Gasteiger partial charge in [0.25, 0.3) is 0 Å². The van der Waals surface area contributed by atoms with Gasteiger partial charge in [-0.25, -0.2) is 0 Å². The molecule has 0 atom stereocenters. The first-order valence-corrected chi connectivity index (χ1v) is 10.5. The number of likely N-dealkylation sites (N-methyl/N-ethyl adjacent to an activating group) is 1. The largest absolute Gasteiger partial charge is 0.351 e. The Labute approximate surface area is 168 Å². The van der Waals surface area contributed by atoms with Crippen molar-refractivity contribution in [1.29, 1.82) is 0 Å². The third-order valence-corrected chi connectivity index (χ3v) is 6.45. The van der Waals surface area contributed by atoms with Crippen LogP contribution in [0.5, 0.6) is 0 Å². The standard InChI is InChI=1S/C24H31N3O/c1-26-14-16-27(17-15-26)19-21-10-8-20(9-11-21)18-25-23(28)24(12-5-13-24)22-6-3-2-4-7-22/h2-4,6-11H,5,12-19H2,1H3,(H,25,28). The van der Waals surface area contributed by atoms with Crippen LogP contribution in [0, 0.1) is 0 Å². The zero-order valence-corrected chi connectivity index (χ0v) is 16.9. The van der Waals surface area contributed by atoms with Crippen LogP contribution < -0.4 is 5.32 Å². The van der Waals surface area contributed by atoms with Gasteiger partial charge in [0, 0.05) is 39.3 Å². The zero-order valence-electron chi connectivity index (χ0n) is 16.9. The molecule has 1 aliphatic heterocycles. The summed E-state index contributed by atoms with van der Waals surface area (Å²) in [4.78, 5) is 17.8. The fraction of sp³-hybridized carbons (Fsp3) is 0.458. The Morgan fingerprint density at radius 2 is 1.57 bits per heavy atom. The number of benzene rings is 2. The van der Waals surface area contributed by atoms with Gasteiger partial charge >= 0.3 is 0 Å². The lowest BCUT2D eigenvalue weighted by Crippen LogP contribution is -2.48. The number of nitrogens with zero attached hydrogens (tertiary/aromatic N) is 2. The normalized spacial score (nSPS) is 19.8. The minimum atomic E-state index is -0.317. The van der Waals surface area contributed by atoms with Gasteiger partial charge in [-0.2, -0.15) is 0 Å². The van der Waals surface area contributed by atoms with E-state index in [1.165, 1.54) is 5.56 Å². The molecule has 1 amide bonds. The fourth-order valence-corrected chi connectivity index (χ4v) is 4.31. The van der Waals surface area contributed by atoms with Crippen LogP contribution in [0.1, 0.15) is 36.0 Å². The lowest BCUT2D eigenvalue weighted by atomic mass is 9.64. The summed E-state index contributed by atoms with van der Waals surface area (Å²) in [6, 6.07) is 19.0. The van der Waals surface area contributed by atoms with Crippen molar-refractivity contribution < 1.29 is 4.79 Å². The summed E-state index contributed by atoms with van der Waals surface area (Å²) in [5.74, 6) is 0.173. The van der Waals surface area contributed by atoms with Gasteiger partial charge < -0.3 is 10.2 Å². The summed E-state index contributed by atoms with van der Waals surface area (Å²) in [5.41, 5.74) is 3.35. The average Bonchev–Trinajstić information content (AvgIpc) is 2.69. The van der Waals surface area contributed by atoms with E-state index in [1.807, 2.05) is 18.2 Å². The summed E-state index contributed by atoms with van der Waals surface area (Å²) in [7, 11) is 2.19. The van der Waals surface area contributed by atoms with Crippen LogP contribution in [0.2, 0.25) is 0 Å².